The smallest absolute Gasteiger partial charge is 0.268 e. The quantitative estimate of drug-likeness (QED) is 0.389. The van der Waals surface area contributed by atoms with E-state index in [9.17, 15) is 4.79 Å². The monoisotopic (exact) mass is 101 g/mol. The van der Waals surface area contributed by atoms with E-state index < -0.39 is 0 Å². The van der Waals surface area contributed by atoms with Gasteiger partial charge in [0.1, 0.15) is 0 Å². The lowest BCUT2D eigenvalue weighted by molar-refractivity contribution is 0.174. The molecule has 0 unspecified atom stereocenters. The zero-order valence-electron chi connectivity index (χ0n) is 4.31. The van der Waals surface area contributed by atoms with Crippen molar-refractivity contribution in [2.45, 2.75) is 13.2 Å². The van der Waals surface area contributed by atoms with Crippen LogP contribution in [0.1, 0.15) is 6.92 Å². The van der Waals surface area contributed by atoms with Crippen LogP contribution in [0.25, 0.3) is 0 Å². The molecule has 0 aromatic carbocycles. The predicted molar refractivity (Wildman–Crippen MR) is 28.3 cm³/mol. The van der Waals surface area contributed by atoms with Crippen molar-refractivity contribution in [3.05, 3.63) is 0 Å². The van der Waals surface area contributed by atoms with Gasteiger partial charge >= 0.3 is 0 Å². The molecule has 0 spiro atoms. The van der Waals surface area contributed by atoms with Crippen LogP contribution >= 0.6 is 0 Å². The SMILES string of the molecule is CCBC(=O)ON. The molecule has 0 radical (unpaired) electrons. The normalized spacial score (nSPS) is 7.71. The highest BCUT2D eigenvalue weighted by Crippen LogP contribution is 1.76. The zero-order valence-corrected chi connectivity index (χ0v) is 4.31. The van der Waals surface area contributed by atoms with Crippen molar-refractivity contribution in [1.29, 1.82) is 0 Å². The van der Waals surface area contributed by atoms with Crippen LogP contribution < -0.4 is 5.90 Å². The number of rotatable bonds is 2. The maximum absolute atomic E-state index is 10.1. The molecule has 0 aromatic rings. The van der Waals surface area contributed by atoms with Gasteiger partial charge in [0, 0.05) is 0 Å². The van der Waals surface area contributed by atoms with E-state index >= 15 is 0 Å². The van der Waals surface area contributed by atoms with E-state index in [1.165, 1.54) is 0 Å². The van der Waals surface area contributed by atoms with E-state index in [0.29, 0.717) is 7.28 Å². The van der Waals surface area contributed by atoms with Crippen molar-refractivity contribution >= 4 is 13.1 Å². The van der Waals surface area contributed by atoms with Gasteiger partial charge in [-0.3, -0.25) is 4.79 Å². The van der Waals surface area contributed by atoms with Crippen LogP contribution in [0.3, 0.4) is 0 Å². The lowest BCUT2D eigenvalue weighted by atomic mass is 9.76. The van der Waals surface area contributed by atoms with Gasteiger partial charge < -0.3 is 4.84 Å². The van der Waals surface area contributed by atoms with Crippen molar-refractivity contribution in [2.75, 3.05) is 0 Å². The highest BCUT2D eigenvalue weighted by atomic mass is 16.6. The first-order chi connectivity index (χ1) is 3.31. The van der Waals surface area contributed by atoms with Gasteiger partial charge in [0.15, 0.2) is 0 Å². The van der Waals surface area contributed by atoms with Crippen molar-refractivity contribution in [3.63, 3.8) is 0 Å². The Balaban J connectivity index is 3.00. The number of carbonyl (C=O) groups is 1. The Morgan fingerprint density at radius 2 is 2.57 bits per heavy atom. The Morgan fingerprint density at radius 3 is 2.71 bits per heavy atom. The van der Waals surface area contributed by atoms with E-state index in [0.717, 1.165) is 6.32 Å². The Labute approximate surface area is 43.0 Å². The second kappa shape index (κ2) is 3.68. The molecule has 7 heavy (non-hydrogen) atoms. The molecule has 4 heteroatoms. The van der Waals surface area contributed by atoms with Gasteiger partial charge in [0.25, 0.3) is 13.1 Å². The van der Waals surface area contributed by atoms with Crippen LogP contribution in [0.15, 0.2) is 0 Å². The molecule has 0 saturated heterocycles. The summed E-state index contributed by atoms with van der Waals surface area (Å²) in [4.78, 5) is 13.9. The molecule has 0 aliphatic heterocycles. The summed E-state index contributed by atoms with van der Waals surface area (Å²) < 4.78 is 0. The summed E-state index contributed by atoms with van der Waals surface area (Å²) in [7, 11) is 0.413. The molecule has 3 nitrogen and oxygen atoms in total. The molecule has 0 atom stereocenters. The lowest BCUT2D eigenvalue weighted by Crippen LogP contribution is -2.13. The molecule has 0 saturated carbocycles. The zero-order chi connectivity index (χ0) is 5.70. The van der Waals surface area contributed by atoms with Crippen LogP contribution in [0, 0.1) is 0 Å². The highest BCUT2D eigenvalue weighted by molar-refractivity contribution is 6.71. The fraction of sp³-hybridized carbons (Fsp3) is 0.667. The molecule has 0 amide bonds. The second-order valence-corrected chi connectivity index (χ2v) is 1.24. The van der Waals surface area contributed by atoms with Crippen LogP contribution in [-0.4, -0.2) is 13.1 Å². The Bertz CT molecular complexity index is 66.0. The molecule has 0 bridgehead atoms. The standard InChI is InChI=1S/C3H8BNO2/c1-2-4-3(6)7-5/h4H,2,5H2,1H3. The Morgan fingerprint density at radius 1 is 2.00 bits per heavy atom. The fourth-order valence-electron chi connectivity index (χ4n) is 0.263. The van der Waals surface area contributed by atoms with E-state index in [1.807, 2.05) is 6.92 Å². The van der Waals surface area contributed by atoms with Gasteiger partial charge in [-0.05, 0) is 0 Å². The van der Waals surface area contributed by atoms with Crippen molar-refractivity contribution in [2.24, 2.45) is 5.90 Å². The minimum absolute atomic E-state index is 0.345. The number of hydrogen-bond donors (Lipinski definition) is 1. The van der Waals surface area contributed by atoms with Gasteiger partial charge in [-0.15, -0.1) is 0 Å². The van der Waals surface area contributed by atoms with Crippen LogP contribution in [-0.2, 0) is 4.84 Å². The number of hydrogen-bond acceptors (Lipinski definition) is 3. The largest absolute Gasteiger partial charge is 0.385 e. The van der Waals surface area contributed by atoms with Crippen LogP contribution in [0.5, 0.6) is 0 Å². The molecular weight excluding hydrogens is 92.9 g/mol. The third-order valence-corrected chi connectivity index (χ3v) is 0.586. The maximum atomic E-state index is 10.1. The first kappa shape index (κ1) is 6.49. The molecular formula is C3H8BNO2. The summed E-state index contributed by atoms with van der Waals surface area (Å²) in [5, 5.41) is 0. The molecule has 0 rings (SSSR count). The van der Waals surface area contributed by atoms with Crippen LogP contribution in [0.4, 0.5) is 4.79 Å². The van der Waals surface area contributed by atoms with Gasteiger partial charge in [-0.1, -0.05) is 13.2 Å². The van der Waals surface area contributed by atoms with Crippen LogP contribution in [0.2, 0.25) is 6.32 Å². The van der Waals surface area contributed by atoms with E-state index in [4.69, 9.17) is 0 Å². The summed E-state index contributed by atoms with van der Waals surface area (Å²) in [5.74, 6) is 4.16. The van der Waals surface area contributed by atoms with Crippen molar-refractivity contribution in [3.8, 4) is 0 Å². The van der Waals surface area contributed by atoms with Crippen molar-refractivity contribution in [1.82, 2.24) is 0 Å². The first-order valence-corrected chi connectivity index (χ1v) is 2.20. The molecule has 0 fully saturated rings. The van der Waals surface area contributed by atoms with Crippen molar-refractivity contribution < 1.29 is 9.63 Å². The minimum atomic E-state index is -0.345. The number of carbonyl (C=O) groups excluding carboxylic acids is 1. The minimum Gasteiger partial charge on any atom is -0.385 e. The first-order valence-electron chi connectivity index (χ1n) is 2.20. The molecule has 0 aromatic heterocycles. The second-order valence-electron chi connectivity index (χ2n) is 1.24. The summed E-state index contributed by atoms with van der Waals surface area (Å²) in [6.45, 7) is 1.89. The number of nitrogens with two attached hydrogens (primary N) is 1. The Kier molecular flexibility index (Phi) is 3.41. The summed E-state index contributed by atoms with van der Waals surface area (Å²) in [5.41, 5.74) is 0. The summed E-state index contributed by atoms with van der Waals surface area (Å²) in [6.07, 6.45) is 0.788. The molecule has 0 aliphatic rings. The van der Waals surface area contributed by atoms with Gasteiger partial charge in [-0.25, -0.2) is 0 Å². The molecule has 2 N–H and O–H groups in total. The predicted octanol–water partition coefficient (Wildman–Crippen LogP) is -0.129. The van der Waals surface area contributed by atoms with Gasteiger partial charge in [-0.2, -0.15) is 5.90 Å². The topological polar surface area (TPSA) is 52.3 Å². The van der Waals surface area contributed by atoms with E-state index in [1.54, 1.807) is 0 Å². The summed E-state index contributed by atoms with van der Waals surface area (Å²) in [6, 6.07) is 0. The fourth-order valence-corrected chi connectivity index (χ4v) is 0.263. The average molecular weight is 101 g/mol. The highest BCUT2D eigenvalue weighted by Gasteiger charge is 1.97. The van der Waals surface area contributed by atoms with Gasteiger partial charge in [0.2, 0.25) is 0 Å². The summed E-state index contributed by atoms with van der Waals surface area (Å²) >= 11 is 0. The molecule has 0 aliphatic carbocycles. The van der Waals surface area contributed by atoms with Gasteiger partial charge in [0.05, 0.1) is 0 Å². The maximum Gasteiger partial charge on any atom is 0.268 e. The Hall–Kier alpha value is -0.505. The van der Waals surface area contributed by atoms with E-state index in [2.05, 4.69) is 10.7 Å². The lowest BCUT2D eigenvalue weighted by Gasteiger charge is -1.88. The van der Waals surface area contributed by atoms with E-state index in [-0.39, 0.29) is 5.87 Å². The third kappa shape index (κ3) is 3.32. The molecule has 0 heterocycles. The molecule has 40 valence electrons. The average Bonchev–Trinajstić information content (AvgIpc) is 1.68. The third-order valence-electron chi connectivity index (χ3n) is 0.586.